The number of fused-ring (bicyclic) bond motifs is 1. The number of methoxy groups -OCH3 is 1. The first-order chi connectivity index (χ1) is 23.0. The fourth-order valence-electron chi connectivity index (χ4n) is 5.28. The van der Waals surface area contributed by atoms with Gasteiger partial charge in [0, 0.05) is 35.4 Å². The molecule has 0 spiro atoms. The normalized spacial score (nSPS) is 18.9. The Morgan fingerprint density at radius 1 is 1.04 bits per heavy atom. The number of alkyl halides is 6. The van der Waals surface area contributed by atoms with Gasteiger partial charge in [-0.25, -0.2) is 24.5 Å². The van der Waals surface area contributed by atoms with Crippen LogP contribution in [0.3, 0.4) is 0 Å². The van der Waals surface area contributed by atoms with Crippen molar-refractivity contribution < 1.29 is 50.2 Å². The Kier molecular flexibility index (Phi) is 7.55. The number of halogens is 6. The summed E-state index contributed by atoms with van der Waals surface area (Å²) in [6.45, 7) is -0.173. The summed E-state index contributed by atoms with van der Waals surface area (Å²) in [7, 11) is 1.20. The van der Waals surface area contributed by atoms with Crippen molar-refractivity contribution in [3.05, 3.63) is 51.5 Å². The van der Waals surface area contributed by atoms with Crippen LogP contribution >= 0.6 is 11.3 Å². The second-order valence-corrected chi connectivity index (χ2v) is 12.4. The van der Waals surface area contributed by atoms with Crippen LogP contribution in [0.4, 0.5) is 42.8 Å². The molecule has 19 heteroatoms. The first-order valence-electron chi connectivity index (χ1n) is 15.3. The topological polar surface area (TPSA) is 156 Å². The number of nitrogens with zero attached hydrogens (tertiary/aromatic N) is 5. The van der Waals surface area contributed by atoms with Crippen molar-refractivity contribution in [3.63, 3.8) is 0 Å². The van der Waals surface area contributed by atoms with Crippen molar-refractivity contribution in [2.45, 2.75) is 68.7 Å². The molecule has 0 aromatic carbocycles. The highest BCUT2D eigenvalue weighted by Gasteiger charge is 2.72. The molecule has 4 heterocycles. The number of hydrogen-bond acceptors (Lipinski definition) is 10. The van der Waals surface area contributed by atoms with Crippen LogP contribution in [0.5, 0.6) is 0 Å². The lowest BCUT2D eigenvalue weighted by atomic mass is 9.98. The smallest absolute Gasteiger partial charge is 0.431 e. The van der Waals surface area contributed by atoms with E-state index < -0.39 is 58.2 Å². The van der Waals surface area contributed by atoms with E-state index >= 15 is 0 Å². The Balaban J connectivity index is 1.58. The van der Waals surface area contributed by atoms with Gasteiger partial charge in [0.2, 0.25) is 0 Å². The Labute approximate surface area is 270 Å². The van der Waals surface area contributed by atoms with Gasteiger partial charge in [0.05, 0.1) is 34.8 Å². The molecule has 0 aliphatic heterocycles. The molecule has 1 aliphatic rings. The number of hydrogen-bond donors (Lipinski definition) is 4. The van der Waals surface area contributed by atoms with E-state index in [0.717, 1.165) is 6.20 Å². The number of thiazole rings is 1. The molecule has 2 atom stereocenters. The zero-order valence-corrected chi connectivity index (χ0v) is 25.5. The van der Waals surface area contributed by atoms with Crippen molar-refractivity contribution >= 4 is 40.1 Å². The summed E-state index contributed by atoms with van der Waals surface area (Å²) in [5, 5.41) is 25.6. The van der Waals surface area contributed by atoms with E-state index in [2.05, 4.69) is 30.3 Å². The lowest BCUT2D eigenvalue weighted by Gasteiger charge is -2.30. The van der Waals surface area contributed by atoms with Gasteiger partial charge < -0.3 is 25.6 Å². The molecule has 1 aliphatic carbocycles. The number of carbonyl (C=O) groups excluding carboxylic acids is 1. The van der Waals surface area contributed by atoms with Crippen LogP contribution in [-0.4, -0.2) is 65.9 Å². The number of aryl methyl sites for hydroxylation is 1. The van der Waals surface area contributed by atoms with Gasteiger partial charge in [0.25, 0.3) is 5.60 Å². The highest BCUT2D eigenvalue weighted by molar-refractivity contribution is 7.15. The Morgan fingerprint density at radius 3 is 2.36 bits per heavy atom. The largest absolute Gasteiger partial charge is 0.453 e. The van der Waals surface area contributed by atoms with E-state index in [0.29, 0.717) is 17.4 Å². The molecule has 0 saturated heterocycles. The number of rotatable bonds is 7. The highest BCUT2D eigenvalue weighted by Crippen LogP contribution is 2.52. The summed E-state index contributed by atoms with van der Waals surface area (Å²) in [5.74, 6) is -0.122. The molecule has 1 fully saturated rings. The van der Waals surface area contributed by atoms with Crippen LogP contribution in [0.2, 0.25) is 0 Å². The monoisotopic (exact) mass is 692 g/mol. The minimum Gasteiger partial charge on any atom is -0.453 e. The molecule has 0 bridgehead atoms. The lowest BCUT2D eigenvalue weighted by molar-refractivity contribution is -0.375. The number of nitrogens with one attached hydrogen (secondary N) is 2. The summed E-state index contributed by atoms with van der Waals surface area (Å²) < 4.78 is 111. The number of pyridine rings is 2. The van der Waals surface area contributed by atoms with Crippen LogP contribution in [0.1, 0.15) is 53.7 Å². The third kappa shape index (κ3) is 6.26. The molecule has 4 aromatic heterocycles. The summed E-state index contributed by atoms with van der Waals surface area (Å²) in [4.78, 5) is 35.8. The van der Waals surface area contributed by atoms with Gasteiger partial charge in [-0.05, 0) is 50.8 Å². The zero-order valence-electron chi connectivity index (χ0n) is 27.7. The van der Waals surface area contributed by atoms with Gasteiger partial charge in [0.1, 0.15) is 22.3 Å². The molecular formula is C28H29F6N7O5S. The summed E-state index contributed by atoms with van der Waals surface area (Å²) in [6, 6.07) is 2.96. The maximum absolute atomic E-state index is 13.5. The Hall–Kier alpha value is -4.23. The summed E-state index contributed by atoms with van der Waals surface area (Å²) in [6.07, 6.45) is -10.4. The van der Waals surface area contributed by atoms with Crippen molar-refractivity contribution in [1.82, 2.24) is 29.4 Å². The van der Waals surface area contributed by atoms with E-state index in [1.165, 1.54) is 43.7 Å². The van der Waals surface area contributed by atoms with Crippen LogP contribution in [-0.2, 0) is 22.9 Å². The van der Waals surface area contributed by atoms with Crippen molar-refractivity contribution in [3.8, 4) is 10.7 Å². The van der Waals surface area contributed by atoms with Gasteiger partial charge in [-0.3, -0.25) is 9.13 Å². The number of anilines is 2. The number of imidazole rings is 1. The Morgan fingerprint density at radius 2 is 1.74 bits per heavy atom. The first kappa shape index (κ1) is 30.1. The molecule has 4 aromatic rings. The zero-order chi connectivity index (χ0) is 37.2. The maximum Gasteiger partial charge on any atom is 0.431 e. The van der Waals surface area contributed by atoms with Gasteiger partial charge in [-0.2, -0.15) is 26.3 Å². The number of carbonyl (C=O) groups is 1. The second kappa shape index (κ2) is 11.8. The number of aliphatic hydroxyl groups is 2. The molecule has 5 rings (SSSR count). The predicted octanol–water partition coefficient (Wildman–Crippen LogP) is 4.99. The number of aromatic nitrogens is 5. The van der Waals surface area contributed by atoms with Crippen molar-refractivity contribution in [2.24, 2.45) is 6.98 Å². The average molecular weight is 693 g/mol. The van der Waals surface area contributed by atoms with E-state index in [-0.39, 0.29) is 63.9 Å². The molecule has 254 valence electrons. The second-order valence-electron chi connectivity index (χ2n) is 11.4. The highest BCUT2D eigenvalue weighted by atomic mass is 32.1. The van der Waals surface area contributed by atoms with Crippen molar-refractivity contribution in [1.29, 1.82) is 0 Å². The predicted molar refractivity (Wildman–Crippen MR) is 157 cm³/mol. The van der Waals surface area contributed by atoms with E-state index in [4.69, 9.17) is 4.11 Å². The molecule has 1 amide bonds. The van der Waals surface area contributed by atoms with Gasteiger partial charge in [-0.15, -0.1) is 11.3 Å². The fraction of sp³-hybridized carbons (Fsp3) is 0.464. The maximum atomic E-state index is 13.5. The van der Waals surface area contributed by atoms with Gasteiger partial charge in [0.15, 0.2) is 0 Å². The fourth-order valence-corrected chi connectivity index (χ4v) is 6.28. The molecule has 4 N–H and O–H groups in total. The van der Waals surface area contributed by atoms with Crippen LogP contribution in [0.25, 0.3) is 21.7 Å². The van der Waals surface area contributed by atoms with Gasteiger partial charge in [-0.1, -0.05) is 0 Å². The van der Waals surface area contributed by atoms with Crippen molar-refractivity contribution in [2.75, 3.05) is 12.4 Å². The Bertz CT molecular complexity index is 1970. The van der Waals surface area contributed by atoms with E-state index in [1.54, 1.807) is 0 Å². The number of alkyl carbamates (subject to hydrolysis) is 1. The molecule has 47 heavy (non-hydrogen) atoms. The summed E-state index contributed by atoms with van der Waals surface area (Å²) >= 11 is -0.106. The van der Waals surface area contributed by atoms with Crippen LogP contribution < -0.4 is 16.3 Å². The van der Waals surface area contributed by atoms with E-state index in [1.807, 2.05) is 0 Å². The molecule has 0 radical (unpaired) electrons. The minimum absolute atomic E-state index is 0.00846. The SMILES string of the molecule is [2H]C([2H])([2H])n1c(=O)n([C@@H]2CC[C@@H](NC(=O)OC)C2)c2cc(Nc3cc(C(C)(C)O)cc(-c4ncc(C(O)(C(F)(F)F)C(F)(F)F)s4)n3)ncc21. The molecule has 1 saturated carbocycles. The first-order valence-corrected chi connectivity index (χ1v) is 14.6. The standard InChI is InChI=1S/C28H29F6N7O5S/c1-25(2,44)13-7-16(22-36-12-19(47-22)26(45,27(29,30)31)28(32,33)34)38-21(8-13)39-20-10-17-18(11-35-20)40(3)24(43)41(17)15-6-5-14(9-15)37-23(42)46-4/h7-8,10-12,14-15,44-45H,5-6,9H2,1-4H3,(H,37,42)(H,35,38,39)/t14-,15-/m1/s1/i3D3. The lowest BCUT2D eigenvalue weighted by Crippen LogP contribution is -2.53. The van der Waals surface area contributed by atoms with Crippen LogP contribution in [0, 0.1) is 0 Å². The molecule has 0 unspecified atom stereocenters. The third-order valence-corrected chi connectivity index (χ3v) is 8.86. The number of ether oxygens (including phenoxy) is 1. The minimum atomic E-state index is -6.13. The quantitative estimate of drug-likeness (QED) is 0.196. The van der Waals surface area contributed by atoms with E-state index in [9.17, 15) is 46.1 Å². The summed E-state index contributed by atoms with van der Waals surface area (Å²) in [5.41, 5.74) is -7.74. The van der Waals surface area contributed by atoms with Gasteiger partial charge >= 0.3 is 24.1 Å². The third-order valence-electron chi connectivity index (χ3n) is 7.73. The molecular weight excluding hydrogens is 660 g/mol. The average Bonchev–Trinajstić information content (AvgIpc) is 3.72. The molecule has 12 nitrogen and oxygen atoms in total. The van der Waals surface area contributed by atoms with Crippen LogP contribution in [0.15, 0.2) is 35.4 Å². The number of amides is 1.